The van der Waals surface area contributed by atoms with Crippen LogP contribution in [0.1, 0.15) is 30.9 Å². The van der Waals surface area contributed by atoms with Gasteiger partial charge in [-0.15, -0.1) is 0 Å². The number of rotatable bonds is 4. The number of nitro groups is 1. The van der Waals surface area contributed by atoms with E-state index >= 15 is 0 Å². The minimum Gasteiger partial charge on any atom is -0.350 e. The lowest BCUT2D eigenvalue weighted by Gasteiger charge is -2.31. The first-order chi connectivity index (χ1) is 12.0. The van der Waals surface area contributed by atoms with E-state index in [0.717, 1.165) is 42.7 Å². The molecule has 1 N–H and O–H groups in total. The van der Waals surface area contributed by atoms with E-state index in [-0.39, 0.29) is 16.4 Å². The summed E-state index contributed by atoms with van der Waals surface area (Å²) in [5, 5.41) is 14.9. The third-order valence-corrected chi connectivity index (χ3v) is 4.58. The number of hydrogen-bond donors (Lipinski definition) is 1. The zero-order valence-corrected chi connectivity index (χ0v) is 14.8. The van der Waals surface area contributed by atoms with E-state index in [2.05, 4.69) is 22.2 Å². The summed E-state index contributed by atoms with van der Waals surface area (Å²) >= 11 is 0. The monoisotopic (exact) mass is 341 g/mol. The normalized spacial score (nSPS) is 17.4. The van der Waals surface area contributed by atoms with Crippen molar-refractivity contribution in [1.29, 1.82) is 0 Å². The Balaban J connectivity index is 1.99. The zero-order valence-electron chi connectivity index (χ0n) is 14.8. The first kappa shape index (κ1) is 17.1. The number of anilines is 3. The fourth-order valence-corrected chi connectivity index (χ4v) is 3.32. The Morgan fingerprint density at radius 3 is 2.80 bits per heavy atom. The molecule has 7 heteroatoms. The maximum absolute atomic E-state index is 11.8. The Kier molecular flexibility index (Phi) is 4.83. The van der Waals surface area contributed by atoms with E-state index in [0.29, 0.717) is 11.7 Å². The molecule has 0 aliphatic carbocycles. The molecule has 0 bridgehead atoms. The fourth-order valence-electron chi connectivity index (χ4n) is 3.32. The summed E-state index contributed by atoms with van der Waals surface area (Å²) in [6.07, 6.45) is 3.55. The second kappa shape index (κ2) is 7.04. The molecule has 1 saturated heterocycles. The van der Waals surface area contributed by atoms with Crippen LogP contribution in [0.4, 0.5) is 23.0 Å². The number of aryl methyl sites for hydroxylation is 2. The van der Waals surface area contributed by atoms with Crippen LogP contribution in [-0.4, -0.2) is 28.0 Å². The molecular weight excluding hydrogens is 318 g/mol. The highest BCUT2D eigenvalue weighted by molar-refractivity contribution is 5.75. The number of piperidine rings is 1. The summed E-state index contributed by atoms with van der Waals surface area (Å²) in [4.78, 5) is 21.7. The van der Waals surface area contributed by atoms with E-state index in [4.69, 9.17) is 0 Å². The van der Waals surface area contributed by atoms with Crippen LogP contribution in [0.2, 0.25) is 0 Å². The molecule has 1 unspecified atom stereocenters. The Morgan fingerprint density at radius 1 is 1.32 bits per heavy atom. The number of benzene rings is 1. The molecule has 1 atom stereocenters. The molecule has 25 heavy (non-hydrogen) atoms. The van der Waals surface area contributed by atoms with Crippen LogP contribution >= 0.6 is 0 Å². The molecule has 1 aromatic heterocycles. The van der Waals surface area contributed by atoms with Gasteiger partial charge in [0, 0.05) is 18.8 Å². The van der Waals surface area contributed by atoms with Crippen molar-refractivity contribution in [2.75, 3.05) is 23.3 Å². The Morgan fingerprint density at radius 2 is 2.12 bits per heavy atom. The molecule has 132 valence electrons. The van der Waals surface area contributed by atoms with Crippen molar-refractivity contribution < 1.29 is 4.92 Å². The van der Waals surface area contributed by atoms with Crippen molar-refractivity contribution in [1.82, 2.24) is 9.97 Å². The minimum atomic E-state index is -0.388. The second-order valence-electron chi connectivity index (χ2n) is 6.79. The Labute approximate surface area is 147 Å². The van der Waals surface area contributed by atoms with Crippen LogP contribution in [0.5, 0.6) is 0 Å². The standard InChI is InChI=1S/C18H23N5O2/c1-12-6-7-15(14(3)9-12)21-17-16(23(24)25)18(20-11-19-17)22-8-4-5-13(2)10-22/h6-7,9,11,13H,4-5,8,10H2,1-3H3,(H,19,20,21). The van der Waals surface area contributed by atoms with Crippen molar-refractivity contribution in [3.63, 3.8) is 0 Å². The molecule has 0 amide bonds. The zero-order chi connectivity index (χ0) is 18.0. The molecule has 1 aliphatic heterocycles. The first-order valence-electron chi connectivity index (χ1n) is 8.54. The van der Waals surface area contributed by atoms with Crippen LogP contribution < -0.4 is 10.2 Å². The summed E-state index contributed by atoms with van der Waals surface area (Å²) in [6, 6.07) is 5.91. The van der Waals surface area contributed by atoms with Crippen LogP contribution in [0.15, 0.2) is 24.5 Å². The van der Waals surface area contributed by atoms with Crippen molar-refractivity contribution in [2.45, 2.75) is 33.6 Å². The van der Waals surface area contributed by atoms with Crippen molar-refractivity contribution in [2.24, 2.45) is 5.92 Å². The van der Waals surface area contributed by atoms with Gasteiger partial charge in [0.2, 0.25) is 11.6 Å². The predicted octanol–water partition coefficient (Wildman–Crippen LogP) is 3.98. The van der Waals surface area contributed by atoms with Gasteiger partial charge in [0.25, 0.3) is 0 Å². The Hall–Kier alpha value is -2.70. The van der Waals surface area contributed by atoms with Gasteiger partial charge in [-0.25, -0.2) is 9.97 Å². The topological polar surface area (TPSA) is 84.2 Å². The van der Waals surface area contributed by atoms with E-state index < -0.39 is 0 Å². The van der Waals surface area contributed by atoms with Gasteiger partial charge in [0.1, 0.15) is 6.33 Å². The summed E-state index contributed by atoms with van der Waals surface area (Å²) in [6.45, 7) is 7.70. The highest BCUT2D eigenvalue weighted by atomic mass is 16.6. The van der Waals surface area contributed by atoms with E-state index in [1.54, 1.807) is 0 Å². The lowest BCUT2D eigenvalue weighted by molar-refractivity contribution is -0.383. The molecule has 7 nitrogen and oxygen atoms in total. The molecule has 1 aliphatic rings. The molecular formula is C18H23N5O2. The van der Waals surface area contributed by atoms with Crippen LogP contribution in [0.25, 0.3) is 0 Å². The lowest BCUT2D eigenvalue weighted by atomic mass is 10.0. The Bertz CT molecular complexity index is 793. The maximum atomic E-state index is 11.8. The SMILES string of the molecule is Cc1ccc(Nc2ncnc(N3CCCC(C)C3)c2[N+](=O)[O-])c(C)c1. The van der Waals surface area contributed by atoms with Crippen LogP contribution in [0.3, 0.4) is 0 Å². The van der Waals surface area contributed by atoms with E-state index in [1.807, 2.05) is 36.9 Å². The van der Waals surface area contributed by atoms with Crippen molar-refractivity contribution >= 4 is 23.0 Å². The van der Waals surface area contributed by atoms with Gasteiger partial charge >= 0.3 is 5.69 Å². The molecule has 0 radical (unpaired) electrons. The second-order valence-corrected chi connectivity index (χ2v) is 6.79. The summed E-state index contributed by atoms with van der Waals surface area (Å²) in [5.74, 6) is 1.14. The first-order valence-corrected chi connectivity index (χ1v) is 8.54. The fraction of sp³-hybridized carbons (Fsp3) is 0.444. The highest BCUT2D eigenvalue weighted by Crippen LogP contribution is 2.35. The molecule has 1 aromatic carbocycles. The molecule has 2 aromatic rings. The summed E-state index contributed by atoms with van der Waals surface area (Å²) < 4.78 is 0. The summed E-state index contributed by atoms with van der Waals surface area (Å²) in [7, 11) is 0. The molecule has 2 heterocycles. The van der Waals surface area contributed by atoms with Gasteiger partial charge in [-0.3, -0.25) is 10.1 Å². The van der Waals surface area contributed by atoms with E-state index in [1.165, 1.54) is 6.33 Å². The maximum Gasteiger partial charge on any atom is 0.353 e. The quantitative estimate of drug-likeness (QED) is 0.669. The average Bonchev–Trinajstić information content (AvgIpc) is 2.57. The number of hydrogen-bond acceptors (Lipinski definition) is 6. The van der Waals surface area contributed by atoms with Crippen molar-refractivity contribution in [3.05, 3.63) is 45.8 Å². The third kappa shape index (κ3) is 3.70. The number of nitrogens with zero attached hydrogens (tertiary/aromatic N) is 4. The van der Waals surface area contributed by atoms with Gasteiger partial charge in [0.05, 0.1) is 4.92 Å². The van der Waals surface area contributed by atoms with Gasteiger partial charge < -0.3 is 10.2 Å². The van der Waals surface area contributed by atoms with Crippen LogP contribution in [-0.2, 0) is 0 Å². The summed E-state index contributed by atoms with van der Waals surface area (Å²) in [5.41, 5.74) is 2.91. The highest BCUT2D eigenvalue weighted by Gasteiger charge is 2.29. The minimum absolute atomic E-state index is 0.0587. The largest absolute Gasteiger partial charge is 0.353 e. The number of aromatic nitrogens is 2. The van der Waals surface area contributed by atoms with Gasteiger partial charge in [0.15, 0.2) is 0 Å². The van der Waals surface area contributed by atoms with Gasteiger partial charge in [-0.2, -0.15) is 0 Å². The van der Waals surface area contributed by atoms with E-state index in [9.17, 15) is 10.1 Å². The third-order valence-electron chi connectivity index (χ3n) is 4.58. The molecule has 3 rings (SSSR count). The van der Waals surface area contributed by atoms with Gasteiger partial charge in [-0.1, -0.05) is 24.6 Å². The van der Waals surface area contributed by atoms with Gasteiger partial charge in [-0.05, 0) is 44.2 Å². The molecule has 1 fully saturated rings. The van der Waals surface area contributed by atoms with Crippen molar-refractivity contribution in [3.8, 4) is 0 Å². The molecule has 0 saturated carbocycles. The average molecular weight is 341 g/mol. The predicted molar refractivity (Wildman–Crippen MR) is 98.5 cm³/mol. The molecule has 0 spiro atoms. The van der Waals surface area contributed by atoms with Crippen LogP contribution in [0, 0.1) is 29.9 Å². The smallest absolute Gasteiger partial charge is 0.350 e. The number of nitrogens with one attached hydrogen (secondary N) is 1. The lowest BCUT2D eigenvalue weighted by Crippen LogP contribution is -2.35.